The molecule has 0 saturated heterocycles. The monoisotopic (exact) mass is 394 g/mol. The normalized spacial score (nSPS) is 10.2. The summed E-state index contributed by atoms with van der Waals surface area (Å²) in [7, 11) is 0. The van der Waals surface area contributed by atoms with Gasteiger partial charge in [0.05, 0.1) is 16.4 Å². The second-order valence-corrected chi connectivity index (χ2v) is 6.65. The van der Waals surface area contributed by atoms with Crippen molar-refractivity contribution in [2.24, 2.45) is 0 Å². The maximum absolute atomic E-state index is 11.8. The van der Waals surface area contributed by atoms with Crippen LogP contribution in [0.2, 0.25) is 5.02 Å². The number of esters is 1. The number of rotatable bonds is 7. The van der Waals surface area contributed by atoms with E-state index in [1.54, 1.807) is 6.07 Å². The second-order valence-electron chi connectivity index (χ2n) is 5.25. The summed E-state index contributed by atoms with van der Waals surface area (Å²) in [4.78, 5) is 33.7. The van der Waals surface area contributed by atoms with Gasteiger partial charge in [-0.2, -0.15) is 0 Å². The molecule has 0 heterocycles. The van der Waals surface area contributed by atoms with Gasteiger partial charge in [-0.25, -0.2) is 0 Å². The summed E-state index contributed by atoms with van der Waals surface area (Å²) in [6.07, 6.45) is 0. The van der Waals surface area contributed by atoms with Gasteiger partial charge in [0, 0.05) is 17.8 Å². The zero-order valence-corrected chi connectivity index (χ0v) is 15.3. The molecule has 2 rings (SSSR count). The molecule has 7 nitrogen and oxygen atoms in total. The Morgan fingerprint density at radius 1 is 1.23 bits per heavy atom. The number of nitro benzene ring substituents is 1. The maximum Gasteiger partial charge on any atom is 0.321 e. The van der Waals surface area contributed by atoms with Crippen LogP contribution in [0, 0.1) is 17.0 Å². The maximum atomic E-state index is 11.8. The molecule has 0 aliphatic rings. The quantitative estimate of drug-likeness (QED) is 0.331. The zero-order chi connectivity index (χ0) is 19.1. The molecule has 1 N–H and O–H groups in total. The second kappa shape index (κ2) is 9.21. The van der Waals surface area contributed by atoms with Gasteiger partial charge in [0.25, 0.3) is 5.69 Å². The highest BCUT2D eigenvalue weighted by molar-refractivity contribution is 8.00. The molecule has 9 heteroatoms. The minimum atomic E-state index is -0.628. The highest BCUT2D eigenvalue weighted by Gasteiger charge is 2.14. The molecule has 1 amide bonds. The van der Waals surface area contributed by atoms with Crippen LogP contribution in [0.5, 0.6) is 5.75 Å². The molecule has 136 valence electrons. The van der Waals surface area contributed by atoms with E-state index in [2.05, 4.69) is 5.32 Å². The zero-order valence-electron chi connectivity index (χ0n) is 13.7. The first kappa shape index (κ1) is 19.7. The van der Waals surface area contributed by atoms with Crippen LogP contribution in [0.3, 0.4) is 0 Å². The number of hydrogen-bond donors (Lipinski definition) is 1. The van der Waals surface area contributed by atoms with Crippen LogP contribution in [0.15, 0.2) is 42.5 Å². The van der Waals surface area contributed by atoms with Gasteiger partial charge in [-0.1, -0.05) is 23.7 Å². The smallest absolute Gasteiger partial charge is 0.321 e. The standard InChI is InChI=1S/C17H15ClN2O5S/c1-11-3-2-4-12(7-11)19-16(21)9-26-10-17(22)25-13-5-6-15(20(23)24)14(18)8-13/h2-8H,9-10H2,1H3,(H,19,21). The number of nitrogens with zero attached hydrogens (tertiary/aromatic N) is 1. The fraction of sp³-hybridized carbons (Fsp3) is 0.176. The molecule has 0 radical (unpaired) electrons. The van der Waals surface area contributed by atoms with Crippen LogP contribution >= 0.6 is 23.4 Å². The predicted molar refractivity (Wildman–Crippen MR) is 101 cm³/mol. The van der Waals surface area contributed by atoms with Crippen molar-refractivity contribution < 1.29 is 19.2 Å². The summed E-state index contributed by atoms with van der Waals surface area (Å²) >= 11 is 6.85. The van der Waals surface area contributed by atoms with Gasteiger partial charge in [-0.3, -0.25) is 19.7 Å². The molecule has 0 spiro atoms. The number of benzene rings is 2. The molecule has 0 unspecified atom stereocenters. The average molecular weight is 395 g/mol. The highest BCUT2D eigenvalue weighted by Crippen LogP contribution is 2.28. The van der Waals surface area contributed by atoms with Crippen molar-refractivity contribution in [2.45, 2.75) is 6.92 Å². The molecule has 0 aliphatic heterocycles. The van der Waals surface area contributed by atoms with Gasteiger partial charge >= 0.3 is 5.97 Å². The third-order valence-electron chi connectivity index (χ3n) is 3.10. The number of ether oxygens (including phenoxy) is 1. The topological polar surface area (TPSA) is 98.5 Å². The van der Waals surface area contributed by atoms with Gasteiger partial charge in [0.2, 0.25) is 5.91 Å². The molecule has 2 aromatic carbocycles. The van der Waals surface area contributed by atoms with E-state index in [0.29, 0.717) is 5.69 Å². The number of carbonyl (C=O) groups is 2. The van der Waals surface area contributed by atoms with Gasteiger partial charge in [0.15, 0.2) is 0 Å². The van der Waals surface area contributed by atoms with Crippen LogP contribution in [-0.2, 0) is 9.59 Å². The van der Waals surface area contributed by atoms with Gasteiger partial charge < -0.3 is 10.1 Å². The van der Waals surface area contributed by atoms with E-state index in [1.165, 1.54) is 12.1 Å². The Morgan fingerprint density at radius 2 is 2.00 bits per heavy atom. The molecule has 0 fully saturated rings. The molecular weight excluding hydrogens is 380 g/mol. The Kier molecular flexibility index (Phi) is 6.99. The van der Waals surface area contributed by atoms with E-state index in [-0.39, 0.29) is 33.9 Å². The SMILES string of the molecule is Cc1cccc(NC(=O)CSCC(=O)Oc2ccc([N+](=O)[O-])c(Cl)c2)c1. The average Bonchev–Trinajstić information content (AvgIpc) is 2.54. The number of halogens is 1. The lowest BCUT2D eigenvalue weighted by Gasteiger charge is -2.06. The van der Waals surface area contributed by atoms with Gasteiger partial charge in [-0.15, -0.1) is 11.8 Å². The third kappa shape index (κ3) is 6.05. The molecule has 0 bridgehead atoms. The van der Waals surface area contributed by atoms with Gasteiger partial charge in [0.1, 0.15) is 10.8 Å². The molecule has 26 heavy (non-hydrogen) atoms. The first-order valence-corrected chi connectivity index (χ1v) is 8.97. The van der Waals surface area contributed by atoms with Gasteiger partial charge in [-0.05, 0) is 30.7 Å². The minimum Gasteiger partial charge on any atom is -0.426 e. The Balaban J connectivity index is 1.77. The number of nitro groups is 1. The number of anilines is 1. The number of aryl methyl sites for hydroxylation is 1. The van der Waals surface area contributed by atoms with E-state index in [0.717, 1.165) is 23.4 Å². The Hall–Kier alpha value is -2.58. The summed E-state index contributed by atoms with van der Waals surface area (Å²) in [6, 6.07) is 11.0. The number of carbonyl (C=O) groups excluding carboxylic acids is 2. The van der Waals surface area contributed by atoms with E-state index in [4.69, 9.17) is 16.3 Å². The predicted octanol–water partition coefficient (Wildman–Crippen LogP) is 3.83. The van der Waals surface area contributed by atoms with Crippen molar-refractivity contribution in [3.05, 3.63) is 63.2 Å². The molecule has 0 aliphatic carbocycles. The largest absolute Gasteiger partial charge is 0.426 e. The summed E-state index contributed by atoms with van der Waals surface area (Å²) in [5.74, 6) is -0.662. The van der Waals surface area contributed by atoms with Crippen molar-refractivity contribution >= 4 is 46.6 Å². The van der Waals surface area contributed by atoms with Crippen molar-refractivity contribution in [2.75, 3.05) is 16.8 Å². The molecular formula is C17H15ClN2O5S. The number of hydrogen-bond acceptors (Lipinski definition) is 6. The van der Waals surface area contributed by atoms with Crippen LogP contribution in [0.1, 0.15) is 5.56 Å². The van der Waals surface area contributed by atoms with Crippen LogP contribution in [-0.4, -0.2) is 28.3 Å². The summed E-state index contributed by atoms with van der Waals surface area (Å²) in [5.41, 5.74) is 1.45. The Labute approximate surface area is 158 Å². The summed E-state index contributed by atoms with van der Waals surface area (Å²) in [5, 5.41) is 13.3. The first-order chi connectivity index (χ1) is 12.3. The van der Waals surface area contributed by atoms with E-state index < -0.39 is 10.9 Å². The van der Waals surface area contributed by atoms with Crippen LogP contribution in [0.4, 0.5) is 11.4 Å². The third-order valence-corrected chi connectivity index (χ3v) is 4.31. The van der Waals surface area contributed by atoms with Crippen molar-refractivity contribution in [1.82, 2.24) is 0 Å². The molecule has 0 saturated carbocycles. The van der Waals surface area contributed by atoms with E-state index >= 15 is 0 Å². The number of thioether (sulfide) groups is 1. The summed E-state index contributed by atoms with van der Waals surface area (Å²) in [6.45, 7) is 1.92. The fourth-order valence-corrected chi connectivity index (χ4v) is 2.83. The fourth-order valence-electron chi connectivity index (χ4n) is 2.01. The first-order valence-electron chi connectivity index (χ1n) is 7.44. The van der Waals surface area contributed by atoms with Crippen molar-refractivity contribution in [3.8, 4) is 5.75 Å². The number of amides is 1. The molecule has 2 aromatic rings. The van der Waals surface area contributed by atoms with E-state index in [1.807, 2.05) is 25.1 Å². The molecule has 0 atom stereocenters. The summed E-state index contributed by atoms with van der Waals surface area (Å²) < 4.78 is 5.05. The number of nitrogens with one attached hydrogen (secondary N) is 1. The van der Waals surface area contributed by atoms with E-state index in [9.17, 15) is 19.7 Å². The van der Waals surface area contributed by atoms with Crippen molar-refractivity contribution in [3.63, 3.8) is 0 Å². The Morgan fingerprint density at radius 3 is 2.65 bits per heavy atom. The minimum absolute atomic E-state index is 0.0458. The van der Waals surface area contributed by atoms with Crippen LogP contribution in [0.25, 0.3) is 0 Å². The molecule has 0 aromatic heterocycles. The highest BCUT2D eigenvalue weighted by atomic mass is 35.5. The van der Waals surface area contributed by atoms with Crippen LogP contribution < -0.4 is 10.1 Å². The van der Waals surface area contributed by atoms with Crippen molar-refractivity contribution in [1.29, 1.82) is 0 Å². The Bertz CT molecular complexity index is 844. The lowest BCUT2D eigenvalue weighted by Crippen LogP contribution is -2.17. The lowest BCUT2D eigenvalue weighted by molar-refractivity contribution is -0.384. The lowest BCUT2D eigenvalue weighted by atomic mass is 10.2.